The monoisotopic (exact) mass is 729 g/mol. The summed E-state index contributed by atoms with van der Waals surface area (Å²) in [5.41, 5.74) is 15.3. The van der Waals surface area contributed by atoms with Gasteiger partial charge in [0.15, 0.2) is 5.58 Å². The van der Waals surface area contributed by atoms with Gasteiger partial charge in [0.2, 0.25) is 0 Å². The molecule has 3 nitrogen and oxygen atoms in total. The molecule has 0 radical (unpaired) electrons. The molecule has 0 aliphatic rings. The van der Waals surface area contributed by atoms with Gasteiger partial charge in [-0.25, -0.2) is 0 Å². The molecule has 0 atom stereocenters. The van der Waals surface area contributed by atoms with Crippen LogP contribution in [0.5, 0.6) is 0 Å². The van der Waals surface area contributed by atoms with Gasteiger partial charge < -0.3 is 13.7 Å². The van der Waals surface area contributed by atoms with E-state index in [2.05, 4.69) is 199 Å². The molecule has 0 spiro atoms. The molecule has 0 N–H and O–H groups in total. The van der Waals surface area contributed by atoms with E-state index in [0.717, 1.165) is 105 Å². The first kappa shape index (κ1) is 32.8. The second-order valence-corrected chi connectivity index (χ2v) is 14.4. The summed E-state index contributed by atoms with van der Waals surface area (Å²) in [6.07, 6.45) is 0. The van der Waals surface area contributed by atoms with Crippen LogP contribution in [0.25, 0.3) is 88.4 Å². The Morgan fingerprint density at radius 3 is 1.42 bits per heavy atom. The second kappa shape index (κ2) is 13.6. The van der Waals surface area contributed by atoms with Crippen molar-refractivity contribution in [3.05, 3.63) is 212 Å². The number of rotatable bonds is 7. The van der Waals surface area contributed by atoms with Crippen LogP contribution in [0.1, 0.15) is 0 Å². The highest BCUT2D eigenvalue weighted by Crippen LogP contribution is 2.52. The summed E-state index contributed by atoms with van der Waals surface area (Å²) >= 11 is 0. The fourth-order valence-electron chi connectivity index (χ4n) is 8.59. The number of benzene rings is 9. The number of hydrogen-bond acceptors (Lipinski definition) is 3. The van der Waals surface area contributed by atoms with E-state index in [1.807, 2.05) is 18.2 Å². The molecule has 0 bridgehead atoms. The van der Waals surface area contributed by atoms with E-state index in [9.17, 15) is 0 Å². The zero-order chi connectivity index (χ0) is 37.7. The first-order valence-corrected chi connectivity index (χ1v) is 19.4. The Bertz CT molecular complexity index is 3250. The molecule has 2 aromatic heterocycles. The third kappa shape index (κ3) is 5.43. The number of nitrogens with zero attached hydrogens (tertiary/aromatic N) is 1. The lowest BCUT2D eigenvalue weighted by Gasteiger charge is -2.31. The summed E-state index contributed by atoms with van der Waals surface area (Å²) in [7, 11) is 0. The van der Waals surface area contributed by atoms with Crippen molar-refractivity contribution in [2.45, 2.75) is 0 Å². The zero-order valence-corrected chi connectivity index (χ0v) is 31.0. The van der Waals surface area contributed by atoms with Gasteiger partial charge in [-0.2, -0.15) is 0 Å². The van der Waals surface area contributed by atoms with E-state index in [4.69, 9.17) is 8.83 Å². The lowest BCUT2D eigenvalue weighted by atomic mass is 9.87. The van der Waals surface area contributed by atoms with Gasteiger partial charge >= 0.3 is 0 Å². The average molecular weight is 730 g/mol. The van der Waals surface area contributed by atoms with Gasteiger partial charge in [-0.1, -0.05) is 182 Å². The van der Waals surface area contributed by atoms with Crippen molar-refractivity contribution in [2.24, 2.45) is 0 Å². The molecule has 9 aromatic carbocycles. The first-order valence-electron chi connectivity index (χ1n) is 19.4. The average Bonchev–Trinajstić information content (AvgIpc) is 3.87. The Balaban J connectivity index is 1.27. The molecule has 0 unspecified atom stereocenters. The molecular formula is C54H35NO2. The Labute approximate surface area is 330 Å². The van der Waals surface area contributed by atoms with Gasteiger partial charge in [0.05, 0.1) is 17.1 Å². The van der Waals surface area contributed by atoms with E-state index in [-0.39, 0.29) is 0 Å². The lowest BCUT2D eigenvalue weighted by molar-refractivity contribution is 0.669. The van der Waals surface area contributed by atoms with Crippen LogP contribution in [0.3, 0.4) is 0 Å². The van der Waals surface area contributed by atoms with Crippen LogP contribution in [-0.4, -0.2) is 0 Å². The molecular weight excluding hydrogens is 695 g/mol. The highest BCUT2D eigenvalue weighted by molar-refractivity contribution is 6.14. The van der Waals surface area contributed by atoms with Gasteiger partial charge in [0.1, 0.15) is 16.7 Å². The van der Waals surface area contributed by atoms with Crippen molar-refractivity contribution >= 4 is 60.9 Å². The molecule has 3 heteroatoms. The van der Waals surface area contributed by atoms with Crippen LogP contribution in [-0.2, 0) is 0 Å². The second-order valence-electron chi connectivity index (χ2n) is 14.4. The molecule has 2 heterocycles. The summed E-state index contributed by atoms with van der Waals surface area (Å²) in [6.45, 7) is 0. The molecule has 0 fully saturated rings. The topological polar surface area (TPSA) is 29.5 Å². The minimum absolute atomic E-state index is 0.822. The van der Waals surface area contributed by atoms with E-state index in [0.29, 0.717) is 0 Å². The fraction of sp³-hybridized carbons (Fsp3) is 0. The Hall–Kier alpha value is -7.62. The van der Waals surface area contributed by atoms with Crippen molar-refractivity contribution < 1.29 is 8.83 Å². The number of furan rings is 2. The Morgan fingerprint density at radius 2 is 0.702 bits per heavy atom. The van der Waals surface area contributed by atoms with Crippen molar-refractivity contribution in [3.8, 4) is 44.5 Å². The standard InChI is InChI=1S/C54H35NO2/c1-3-18-36(19-4-1)38-22-7-8-26-43(38)52-39(37-20-5-2-6-21-37)27-16-32-48(52)55(49-33-17-30-46-42-25-11-14-35-51(42)57-54(46)49)47-31-12-9-23-40(47)44-28-15-29-45-41-24-10-13-34-50(41)56-53(44)45/h1-35H. The summed E-state index contributed by atoms with van der Waals surface area (Å²) in [4.78, 5) is 2.41. The maximum Gasteiger partial charge on any atom is 0.159 e. The normalized spacial score (nSPS) is 11.5. The quantitative estimate of drug-likeness (QED) is 0.164. The van der Waals surface area contributed by atoms with Gasteiger partial charge in [-0.15, -0.1) is 0 Å². The molecule has 11 aromatic rings. The van der Waals surface area contributed by atoms with Gasteiger partial charge in [-0.3, -0.25) is 0 Å². The van der Waals surface area contributed by atoms with Crippen molar-refractivity contribution in [1.82, 2.24) is 0 Å². The van der Waals surface area contributed by atoms with Crippen molar-refractivity contribution in [1.29, 1.82) is 0 Å². The van der Waals surface area contributed by atoms with Crippen LogP contribution in [0, 0.1) is 0 Å². The van der Waals surface area contributed by atoms with Crippen LogP contribution in [0.15, 0.2) is 221 Å². The van der Waals surface area contributed by atoms with E-state index in [1.54, 1.807) is 0 Å². The summed E-state index contributed by atoms with van der Waals surface area (Å²) in [5, 5.41) is 4.34. The van der Waals surface area contributed by atoms with E-state index >= 15 is 0 Å². The molecule has 0 aliphatic heterocycles. The third-order valence-electron chi connectivity index (χ3n) is 11.1. The van der Waals surface area contributed by atoms with Gasteiger partial charge in [-0.05, 0) is 58.1 Å². The number of hydrogen-bond donors (Lipinski definition) is 0. The smallest absolute Gasteiger partial charge is 0.159 e. The molecule has 11 rings (SSSR count). The van der Waals surface area contributed by atoms with Gasteiger partial charge in [0, 0.05) is 38.2 Å². The van der Waals surface area contributed by atoms with E-state index in [1.165, 1.54) is 0 Å². The predicted octanol–water partition coefficient (Wildman–Crippen LogP) is 15.6. The van der Waals surface area contributed by atoms with Crippen LogP contribution in [0.2, 0.25) is 0 Å². The van der Waals surface area contributed by atoms with Crippen molar-refractivity contribution in [3.63, 3.8) is 0 Å². The van der Waals surface area contributed by atoms with Gasteiger partial charge in [0.25, 0.3) is 0 Å². The van der Waals surface area contributed by atoms with Crippen LogP contribution >= 0.6 is 0 Å². The zero-order valence-electron chi connectivity index (χ0n) is 31.0. The number of fused-ring (bicyclic) bond motifs is 6. The minimum atomic E-state index is 0.822. The lowest BCUT2D eigenvalue weighted by Crippen LogP contribution is -2.13. The minimum Gasteiger partial charge on any atom is -0.455 e. The van der Waals surface area contributed by atoms with Crippen LogP contribution in [0.4, 0.5) is 17.1 Å². The highest BCUT2D eigenvalue weighted by Gasteiger charge is 2.27. The molecule has 0 saturated heterocycles. The van der Waals surface area contributed by atoms with Crippen molar-refractivity contribution in [2.75, 3.05) is 4.90 Å². The van der Waals surface area contributed by atoms with E-state index < -0.39 is 0 Å². The maximum absolute atomic E-state index is 6.86. The number of para-hydroxylation sites is 5. The summed E-state index contributed by atoms with van der Waals surface area (Å²) in [5.74, 6) is 0. The first-order chi connectivity index (χ1) is 28.3. The Morgan fingerprint density at radius 1 is 0.263 bits per heavy atom. The summed E-state index contributed by atoms with van der Waals surface area (Å²) < 4.78 is 13.5. The fourth-order valence-corrected chi connectivity index (χ4v) is 8.59. The predicted molar refractivity (Wildman–Crippen MR) is 237 cm³/mol. The molecule has 268 valence electrons. The highest BCUT2D eigenvalue weighted by atomic mass is 16.3. The summed E-state index contributed by atoms with van der Waals surface area (Å²) in [6, 6.07) is 75.1. The third-order valence-corrected chi connectivity index (χ3v) is 11.1. The number of anilines is 3. The molecule has 0 saturated carbocycles. The maximum atomic E-state index is 6.86. The SMILES string of the molecule is c1ccc(-c2ccccc2-c2c(-c3ccccc3)cccc2N(c2ccccc2-c2cccc3c2oc2ccccc23)c2cccc3c2oc2ccccc23)cc1. The largest absolute Gasteiger partial charge is 0.455 e. The molecule has 0 amide bonds. The van der Waals surface area contributed by atoms with Crippen LogP contribution < -0.4 is 4.90 Å². The molecule has 0 aliphatic carbocycles. The molecule has 57 heavy (non-hydrogen) atoms. The Kier molecular flexibility index (Phi) is 7.82.